The normalized spacial score (nSPS) is 15.9. The van der Waals surface area contributed by atoms with Crippen molar-refractivity contribution in [3.63, 3.8) is 0 Å². The summed E-state index contributed by atoms with van der Waals surface area (Å²) in [4.78, 5) is 16.7. The standard InChI is InChI=1S/C20H22N4O4S2/c1-13-3-5-17(6-4-13)22-20(25)15-7-9-24(10-8-15)30(26,27)18-11-16(12-29-18)19-21-14(2)28-23-19/h3-6,11-12,15H,7-10H2,1-2H3,(H,22,25). The molecule has 10 heteroatoms. The van der Waals surface area contributed by atoms with Gasteiger partial charge in [0.15, 0.2) is 0 Å². The van der Waals surface area contributed by atoms with Crippen LogP contribution in [0.25, 0.3) is 11.4 Å². The van der Waals surface area contributed by atoms with Gasteiger partial charge in [-0.3, -0.25) is 4.79 Å². The zero-order valence-corrected chi connectivity index (χ0v) is 18.3. The second-order valence-electron chi connectivity index (χ2n) is 7.33. The highest BCUT2D eigenvalue weighted by molar-refractivity contribution is 7.91. The van der Waals surface area contributed by atoms with Gasteiger partial charge in [0.05, 0.1) is 0 Å². The van der Waals surface area contributed by atoms with Crippen LogP contribution in [0.4, 0.5) is 5.69 Å². The summed E-state index contributed by atoms with van der Waals surface area (Å²) in [5.74, 6) is 0.518. The summed E-state index contributed by atoms with van der Waals surface area (Å²) < 4.78 is 32.7. The van der Waals surface area contributed by atoms with Gasteiger partial charge in [0, 0.05) is 42.6 Å². The van der Waals surface area contributed by atoms with Crippen LogP contribution in [0.15, 0.2) is 44.4 Å². The van der Waals surface area contributed by atoms with Crippen molar-refractivity contribution in [3.05, 3.63) is 47.2 Å². The molecule has 0 saturated carbocycles. The third kappa shape index (κ3) is 4.30. The maximum absolute atomic E-state index is 13.0. The molecule has 0 unspecified atom stereocenters. The first-order valence-corrected chi connectivity index (χ1v) is 11.9. The lowest BCUT2D eigenvalue weighted by Crippen LogP contribution is -2.41. The summed E-state index contributed by atoms with van der Waals surface area (Å²) in [5.41, 5.74) is 2.49. The van der Waals surface area contributed by atoms with Crippen LogP contribution in [0.2, 0.25) is 0 Å². The number of aromatic nitrogens is 2. The molecule has 0 atom stereocenters. The third-order valence-electron chi connectivity index (χ3n) is 5.10. The topological polar surface area (TPSA) is 105 Å². The Labute approximate surface area is 179 Å². The Morgan fingerprint density at radius 3 is 2.53 bits per heavy atom. The van der Waals surface area contributed by atoms with E-state index < -0.39 is 10.0 Å². The molecule has 0 aliphatic carbocycles. The molecule has 1 aliphatic heterocycles. The van der Waals surface area contributed by atoms with Crippen LogP contribution in [0.5, 0.6) is 0 Å². The number of hydrogen-bond donors (Lipinski definition) is 1. The van der Waals surface area contributed by atoms with Gasteiger partial charge in [-0.2, -0.15) is 9.29 Å². The minimum atomic E-state index is -3.62. The number of thiophene rings is 1. The first-order valence-electron chi connectivity index (χ1n) is 9.60. The minimum absolute atomic E-state index is 0.0678. The number of nitrogens with zero attached hydrogens (tertiary/aromatic N) is 3. The van der Waals surface area contributed by atoms with Crippen LogP contribution in [-0.2, 0) is 14.8 Å². The highest BCUT2D eigenvalue weighted by Gasteiger charge is 2.33. The molecule has 0 radical (unpaired) electrons. The molecule has 3 heterocycles. The summed E-state index contributed by atoms with van der Waals surface area (Å²) in [6.45, 7) is 4.28. The largest absolute Gasteiger partial charge is 0.339 e. The summed E-state index contributed by atoms with van der Waals surface area (Å²) in [5, 5.41) is 8.46. The molecule has 1 amide bonds. The molecule has 3 aromatic rings. The van der Waals surface area contributed by atoms with Crippen molar-refractivity contribution in [1.29, 1.82) is 0 Å². The van der Waals surface area contributed by atoms with Crippen molar-refractivity contribution < 1.29 is 17.7 Å². The van der Waals surface area contributed by atoms with E-state index in [2.05, 4.69) is 15.5 Å². The van der Waals surface area contributed by atoms with E-state index in [1.165, 1.54) is 4.31 Å². The van der Waals surface area contributed by atoms with Crippen molar-refractivity contribution in [1.82, 2.24) is 14.4 Å². The first kappa shape index (κ1) is 20.7. The van der Waals surface area contributed by atoms with E-state index in [1.54, 1.807) is 18.4 Å². The van der Waals surface area contributed by atoms with Gasteiger partial charge in [-0.15, -0.1) is 11.3 Å². The Bertz CT molecular complexity index is 1140. The number of hydrogen-bond acceptors (Lipinski definition) is 7. The maximum atomic E-state index is 13.0. The van der Waals surface area contributed by atoms with Gasteiger partial charge >= 0.3 is 0 Å². The number of nitrogens with one attached hydrogen (secondary N) is 1. The average molecular weight is 447 g/mol. The Morgan fingerprint density at radius 2 is 1.90 bits per heavy atom. The fourth-order valence-electron chi connectivity index (χ4n) is 3.35. The van der Waals surface area contributed by atoms with Crippen molar-refractivity contribution in [2.45, 2.75) is 30.9 Å². The van der Waals surface area contributed by atoms with Crippen LogP contribution in [0, 0.1) is 19.8 Å². The molecule has 4 rings (SSSR count). The second-order valence-corrected chi connectivity index (χ2v) is 10.4. The van der Waals surface area contributed by atoms with Gasteiger partial charge in [-0.05, 0) is 38.0 Å². The molecule has 0 bridgehead atoms. The van der Waals surface area contributed by atoms with Crippen LogP contribution in [0.1, 0.15) is 24.3 Å². The number of carbonyl (C=O) groups excluding carboxylic acids is 1. The molecule has 158 valence electrons. The zero-order chi connectivity index (χ0) is 21.3. The molecular weight excluding hydrogens is 424 g/mol. The lowest BCUT2D eigenvalue weighted by Gasteiger charge is -2.30. The first-order chi connectivity index (χ1) is 14.3. The van der Waals surface area contributed by atoms with Gasteiger partial charge in [0.1, 0.15) is 4.21 Å². The van der Waals surface area contributed by atoms with E-state index in [0.29, 0.717) is 43.2 Å². The number of aryl methyl sites for hydroxylation is 2. The predicted octanol–water partition coefficient (Wildman–Crippen LogP) is 3.45. The van der Waals surface area contributed by atoms with Crippen molar-refractivity contribution in [3.8, 4) is 11.4 Å². The highest BCUT2D eigenvalue weighted by Crippen LogP contribution is 2.31. The molecule has 30 heavy (non-hydrogen) atoms. The number of anilines is 1. The van der Waals surface area contributed by atoms with Crippen molar-refractivity contribution in [2.75, 3.05) is 18.4 Å². The number of benzene rings is 1. The minimum Gasteiger partial charge on any atom is -0.339 e. The van der Waals surface area contributed by atoms with Crippen molar-refractivity contribution in [2.24, 2.45) is 5.92 Å². The number of rotatable bonds is 5. The summed E-state index contributed by atoms with van der Waals surface area (Å²) >= 11 is 1.13. The summed E-state index contributed by atoms with van der Waals surface area (Å²) in [7, 11) is -3.62. The monoisotopic (exact) mass is 446 g/mol. The zero-order valence-electron chi connectivity index (χ0n) is 16.7. The summed E-state index contributed by atoms with van der Waals surface area (Å²) in [6, 6.07) is 9.19. The van der Waals surface area contributed by atoms with Gasteiger partial charge in [0.25, 0.3) is 10.0 Å². The predicted molar refractivity (Wildman–Crippen MR) is 114 cm³/mol. The molecule has 0 spiro atoms. The quantitative estimate of drug-likeness (QED) is 0.643. The Balaban J connectivity index is 1.39. The fraction of sp³-hybridized carbons (Fsp3) is 0.350. The maximum Gasteiger partial charge on any atom is 0.252 e. The SMILES string of the molecule is Cc1ccc(NC(=O)C2CCN(S(=O)(=O)c3cc(-c4noc(C)n4)cs3)CC2)cc1. The van der Waals surface area contributed by atoms with E-state index >= 15 is 0 Å². The second kappa shape index (κ2) is 8.29. The van der Waals surface area contributed by atoms with Gasteiger partial charge < -0.3 is 9.84 Å². The molecule has 1 saturated heterocycles. The number of carbonyl (C=O) groups is 1. The Hall–Kier alpha value is -2.56. The van der Waals surface area contributed by atoms with Crippen LogP contribution in [0.3, 0.4) is 0 Å². The van der Waals surface area contributed by atoms with E-state index in [1.807, 2.05) is 31.2 Å². The van der Waals surface area contributed by atoms with E-state index in [-0.39, 0.29) is 16.0 Å². The third-order valence-corrected chi connectivity index (χ3v) is 8.41. The fourth-order valence-corrected chi connectivity index (χ4v) is 6.13. The van der Waals surface area contributed by atoms with Gasteiger partial charge in [-0.1, -0.05) is 22.9 Å². The summed E-state index contributed by atoms with van der Waals surface area (Å²) in [6.07, 6.45) is 0.971. The Kier molecular flexibility index (Phi) is 5.72. The van der Waals surface area contributed by atoms with E-state index in [9.17, 15) is 13.2 Å². The molecule has 1 N–H and O–H groups in total. The molecule has 1 aromatic carbocycles. The van der Waals surface area contributed by atoms with Gasteiger partial charge in [0.2, 0.25) is 17.6 Å². The van der Waals surface area contributed by atoms with Crippen LogP contribution < -0.4 is 5.32 Å². The molecule has 2 aromatic heterocycles. The molecular formula is C20H22N4O4S2. The van der Waals surface area contributed by atoms with E-state index in [0.717, 1.165) is 22.6 Å². The van der Waals surface area contributed by atoms with Crippen LogP contribution >= 0.6 is 11.3 Å². The van der Waals surface area contributed by atoms with E-state index in [4.69, 9.17) is 4.52 Å². The Morgan fingerprint density at radius 1 is 1.20 bits per heavy atom. The van der Waals surface area contributed by atoms with Crippen molar-refractivity contribution >= 4 is 33.0 Å². The number of sulfonamides is 1. The smallest absolute Gasteiger partial charge is 0.252 e. The van der Waals surface area contributed by atoms with Gasteiger partial charge in [-0.25, -0.2) is 8.42 Å². The highest BCUT2D eigenvalue weighted by atomic mass is 32.2. The average Bonchev–Trinajstić information content (AvgIpc) is 3.39. The van der Waals surface area contributed by atoms with Crippen LogP contribution in [-0.4, -0.2) is 41.9 Å². The molecule has 1 aliphatic rings. The molecule has 8 nitrogen and oxygen atoms in total. The number of amides is 1. The number of piperidine rings is 1. The lowest BCUT2D eigenvalue weighted by molar-refractivity contribution is -0.120. The lowest BCUT2D eigenvalue weighted by atomic mass is 9.97. The molecule has 1 fully saturated rings.